The van der Waals surface area contributed by atoms with E-state index >= 15 is 0 Å². The molecule has 408 valence electrons. The monoisotopic (exact) mass is 1040 g/mol. The van der Waals surface area contributed by atoms with Crippen molar-refractivity contribution < 1.29 is 43.5 Å². The largest absolute Gasteiger partial charge is 0.508 e. The van der Waals surface area contributed by atoms with Crippen LogP contribution in [0.1, 0.15) is 109 Å². The number of aromatic amines is 1. The van der Waals surface area contributed by atoms with Gasteiger partial charge in [-0.3, -0.25) is 43.3 Å². The van der Waals surface area contributed by atoms with Crippen molar-refractivity contribution in [2.45, 2.75) is 153 Å². The summed E-state index contributed by atoms with van der Waals surface area (Å²) in [6.45, 7) is 7.69. The number of carbonyl (C=O) groups is 8. The van der Waals surface area contributed by atoms with Crippen LogP contribution in [0.3, 0.4) is 0 Å². The lowest BCUT2D eigenvalue weighted by Gasteiger charge is -2.32. The van der Waals surface area contributed by atoms with Gasteiger partial charge in [0.15, 0.2) is 5.96 Å². The van der Waals surface area contributed by atoms with Crippen molar-refractivity contribution in [3.05, 3.63) is 83.9 Å². The average Bonchev–Trinajstić information content (AvgIpc) is 4.10. The predicted octanol–water partition coefficient (Wildman–Crippen LogP) is 0.879. The fraction of sp³-hybridized carbons (Fsp3) is 0.547. The quantitative estimate of drug-likeness (QED) is 0.0646. The second-order valence-electron chi connectivity index (χ2n) is 19.8. The van der Waals surface area contributed by atoms with E-state index in [2.05, 4.69) is 52.2 Å². The fourth-order valence-corrected chi connectivity index (χ4v) is 9.13. The Balaban J connectivity index is 1.49. The molecular weight excluding hydrogens is 963 g/mol. The van der Waals surface area contributed by atoms with Crippen molar-refractivity contribution in [3.63, 3.8) is 0 Å². The number of amides is 8. The molecule has 2 fully saturated rings. The molecule has 22 nitrogen and oxygen atoms in total. The molecule has 2 aromatic carbocycles. The number of nitrogens with zero attached hydrogens (tertiary/aromatic N) is 3. The van der Waals surface area contributed by atoms with E-state index in [-0.39, 0.29) is 62.8 Å². The molecule has 0 radical (unpaired) electrons. The minimum atomic E-state index is -1.33. The highest BCUT2D eigenvalue weighted by Crippen LogP contribution is 2.22. The highest BCUT2D eigenvalue weighted by Gasteiger charge is 2.41. The van der Waals surface area contributed by atoms with Gasteiger partial charge in [0.05, 0.1) is 6.33 Å². The number of nitrogens with two attached hydrogens (primary N) is 2. The first-order valence-corrected chi connectivity index (χ1v) is 26.2. The van der Waals surface area contributed by atoms with E-state index in [1.807, 2.05) is 37.3 Å². The SMILES string of the molecule is CC[C@H](C)[C@@H]1NC(=O)[C@H](Cc2ccc(O)cc2)NC(=O)[C@H](C(C)C)NC(=O)[C@H](CCCN=C(N)N)NC(=O)CCCCCCNC(=O)[C@H](Cc2ccccc2)NC(=O)[C@@H]2CCCN2C(=O)[C@H](Cc2cnc[nH]2)NC1=O. The normalized spacial score (nSPS) is 24.1. The summed E-state index contributed by atoms with van der Waals surface area (Å²) in [7, 11) is 0. The van der Waals surface area contributed by atoms with E-state index in [1.54, 1.807) is 32.9 Å². The van der Waals surface area contributed by atoms with Gasteiger partial charge in [-0.15, -0.1) is 0 Å². The van der Waals surface area contributed by atoms with E-state index in [0.717, 1.165) is 5.56 Å². The molecule has 75 heavy (non-hydrogen) atoms. The fourth-order valence-electron chi connectivity index (χ4n) is 9.13. The number of phenols is 1. The van der Waals surface area contributed by atoms with E-state index in [4.69, 9.17) is 11.5 Å². The van der Waals surface area contributed by atoms with Crippen LogP contribution >= 0.6 is 0 Å². The van der Waals surface area contributed by atoms with Gasteiger partial charge in [-0.1, -0.05) is 89.4 Å². The Morgan fingerprint density at radius 1 is 0.693 bits per heavy atom. The summed E-state index contributed by atoms with van der Waals surface area (Å²) in [5, 5.41) is 30.1. The highest BCUT2D eigenvalue weighted by atomic mass is 16.3. The lowest BCUT2D eigenvalue weighted by atomic mass is 9.96. The molecule has 0 saturated carbocycles. The molecule has 0 spiro atoms. The zero-order valence-corrected chi connectivity index (χ0v) is 43.6. The number of hydrogen-bond acceptors (Lipinski definition) is 11. The summed E-state index contributed by atoms with van der Waals surface area (Å²) >= 11 is 0. The molecule has 8 amide bonds. The van der Waals surface area contributed by atoms with Crippen molar-refractivity contribution in [2.75, 3.05) is 19.6 Å². The Morgan fingerprint density at radius 2 is 1.32 bits per heavy atom. The zero-order valence-electron chi connectivity index (χ0n) is 43.6. The molecule has 3 aromatic rings. The van der Waals surface area contributed by atoms with Crippen LogP contribution in [0.4, 0.5) is 0 Å². The number of H-pyrrole nitrogens is 1. The Kier molecular flexibility index (Phi) is 22.9. The smallest absolute Gasteiger partial charge is 0.246 e. The van der Waals surface area contributed by atoms with Crippen LogP contribution in [0.2, 0.25) is 0 Å². The number of fused-ring (bicyclic) bond motifs is 1. The summed E-state index contributed by atoms with van der Waals surface area (Å²) in [5.74, 6) is -5.85. The molecule has 0 bridgehead atoms. The van der Waals surface area contributed by atoms with Gasteiger partial charge in [0.2, 0.25) is 47.3 Å². The number of hydrogen-bond donors (Lipinski definition) is 11. The Labute approximate surface area is 438 Å². The maximum Gasteiger partial charge on any atom is 0.246 e. The summed E-state index contributed by atoms with van der Waals surface area (Å²) in [6, 6.07) is 7.23. The number of aromatic nitrogens is 2. The molecule has 13 N–H and O–H groups in total. The van der Waals surface area contributed by atoms with Gasteiger partial charge in [0.25, 0.3) is 0 Å². The number of phenolic OH excluding ortho intramolecular Hbond substituents is 1. The van der Waals surface area contributed by atoms with Crippen LogP contribution < -0.4 is 48.7 Å². The molecule has 2 aliphatic heterocycles. The standard InChI is InChI=1S/C53H77N13O9/c1-5-33(4)45-51(74)63-41(29-36-30-56-31-59-36)52(75)66-26-14-18-42(66)49(72)61-39(27-34-15-9-8-10-16-34)46(69)57-24-12-7-6-11-19-43(68)60-38(17-13-25-58-53(54)55)47(70)64-44(32(2)3)50(73)62-40(48(71)65-45)28-35-20-22-37(67)23-21-35/h8-10,15-16,20-23,30-33,38-42,44-45,67H,5-7,11-14,17-19,24-29H2,1-4H3,(H,56,59)(H,57,69)(H,60,68)(H,61,72)(H,62,73)(H,63,74)(H,64,70)(H,65,71)(H4,54,55,58)/t33-,38-,39-,40-,41-,42-,44-,45-/m0/s1. The second-order valence-corrected chi connectivity index (χ2v) is 19.8. The predicted molar refractivity (Wildman–Crippen MR) is 281 cm³/mol. The number of aliphatic imine (C=N–C) groups is 1. The zero-order chi connectivity index (χ0) is 54.4. The number of guanidine groups is 1. The first kappa shape index (κ1) is 58.4. The molecule has 0 aliphatic carbocycles. The molecule has 22 heteroatoms. The molecular formula is C53H77N13O9. The maximum atomic E-state index is 14.8. The van der Waals surface area contributed by atoms with E-state index in [0.29, 0.717) is 69.2 Å². The number of aromatic hydroxyl groups is 1. The van der Waals surface area contributed by atoms with Gasteiger partial charge < -0.3 is 63.7 Å². The van der Waals surface area contributed by atoms with Gasteiger partial charge in [0, 0.05) is 57.2 Å². The number of nitrogens with one attached hydrogen (secondary N) is 8. The third-order valence-electron chi connectivity index (χ3n) is 13.6. The Bertz CT molecular complexity index is 2400. The summed E-state index contributed by atoms with van der Waals surface area (Å²) in [5.41, 5.74) is 12.9. The summed E-state index contributed by atoms with van der Waals surface area (Å²) < 4.78 is 0. The molecule has 8 atom stereocenters. The third-order valence-corrected chi connectivity index (χ3v) is 13.6. The van der Waals surface area contributed by atoms with Crippen molar-refractivity contribution in [1.29, 1.82) is 0 Å². The number of benzene rings is 2. The average molecular weight is 1040 g/mol. The van der Waals surface area contributed by atoms with Crippen LogP contribution in [0.25, 0.3) is 0 Å². The first-order valence-electron chi connectivity index (χ1n) is 26.2. The topological polar surface area (TPSA) is 337 Å². The van der Waals surface area contributed by atoms with E-state index < -0.39 is 95.5 Å². The highest BCUT2D eigenvalue weighted by molar-refractivity contribution is 5.98. The van der Waals surface area contributed by atoms with Crippen molar-refractivity contribution in [3.8, 4) is 5.75 Å². The molecule has 2 aliphatic rings. The molecule has 0 unspecified atom stereocenters. The summed E-state index contributed by atoms with van der Waals surface area (Å²) in [4.78, 5) is 127. The minimum Gasteiger partial charge on any atom is -0.508 e. The van der Waals surface area contributed by atoms with Gasteiger partial charge in [-0.2, -0.15) is 0 Å². The molecule has 2 saturated heterocycles. The van der Waals surface area contributed by atoms with Crippen LogP contribution in [-0.4, -0.2) is 135 Å². The first-order chi connectivity index (χ1) is 35.9. The Morgan fingerprint density at radius 3 is 1.99 bits per heavy atom. The summed E-state index contributed by atoms with van der Waals surface area (Å²) in [6.07, 6.45) is 7.08. The van der Waals surface area contributed by atoms with Gasteiger partial charge in [-0.25, -0.2) is 4.98 Å². The van der Waals surface area contributed by atoms with Gasteiger partial charge in [-0.05, 0) is 73.6 Å². The third kappa shape index (κ3) is 18.4. The van der Waals surface area contributed by atoms with Crippen LogP contribution in [0, 0.1) is 11.8 Å². The van der Waals surface area contributed by atoms with Crippen molar-refractivity contribution >= 4 is 53.2 Å². The molecule has 5 rings (SSSR count). The van der Waals surface area contributed by atoms with Crippen molar-refractivity contribution in [1.82, 2.24) is 52.1 Å². The van der Waals surface area contributed by atoms with Crippen LogP contribution in [0.15, 0.2) is 72.1 Å². The van der Waals surface area contributed by atoms with E-state index in [9.17, 15) is 43.5 Å². The van der Waals surface area contributed by atoms with E-state index in [1.165, 1.54) is 29.6 Å². The number of rotatable bonds is 13. The lowest BCUT2D eigenvalue weighted by molar-refractivity contribution is -0.142. The van der Waals surface area contributed by atoms with Crippen LogP contribution in [-0.2, 0) is 57.6 Å². The maximum absolute atomic E-state index is 14.8. The minimum absolute atomic E-state index is 0.0239. The van der Waals surface area contributed by atoms with Gasteiger partial charge in [0.1, 0.15) is 48.0 Å². The second kappa shape index (κ2) is 29.4. The van der Waals surface area contributed by atoms with Gasteiger partial charge >= 0.3 is 0 Å². The number of carbonyl (C=O) groups excluding carboxylic acids is 8. The Hall–Kier alpha value is -7.52. The molecule has 3 heterocycles. The number of imidazole rings is 1. The van der Waals surface area contributed by atoms with Crippen molar-refractivity contribution in [2.24, 2.45) is 28.3 Å². The van der Waals surface area contributed by atoms with Crippen LogP contribution in [0.5, 0.6) is 5.75 Å². The lowest BCUT2D eigenvalue weighted by Crippen LogP contribution is -2.62. The molecule has 1 aromatic heterocycles.